The van der Waals surface area contributed by atoms with Gasteiger partial charge in [0, 0.05) is 17.8 Å². The van der Waals surface area contributed by atoms with Gasteiger partial charge in [-0.2, -0.15) is 10.5 Å². The number of nitriles is 2. The second-order valence-electron chi connectivity index (χ2n) is 8.85. The molecule has 1 N–H and O–H groups in total. The smallest absolute Gasteiger partial charge is 0.247 e. The number of hydrogen-bond acceptors (Lipinski definition) is 5. The monoisotopic (exact) mass is 445 g/mol. The van der Waals surface area contributed by atoms with E-state index in [1.807, 2.05) is 91.5 Å². The molecule has 0 spiro atoms. The predicted octanol–water partition coefficient (Wildman–Crippen LogP) is 5.03. The predicted molar refractivity (Wildman–Crippen MR) is 132 cm³/mol. The standard InChI is InChI=1S/C28H23N5O/c1-18-12-13-21(19(2)14-18)25-26(27(34)32-20-8-4-3-5-9-20)33-23-11-7-6-10-22(23)31-15-24(33)28(25,16-29)17-30/h3-15,24-26H,1-2H3,(H,32,34)/t24-,25-,26-/m1/s1. The van der Waals surface area contributed by atoms with Crippen LogP contribution in [0.2, 0.25) is 0 Å². The molecule has 2 heterocycles. The maximum atomic E-state index is 13.9. The summed E-state index contributed by atoms with van der Waals surface area (Å²) in [4.78, 5) is 20.4. The first-order valence-electron chi connectivity index (χ1n) is 11.2. The normalized spacial score (nSPS) is 21.6. The van der Waals surface area contributed by atoms with E-state index in [-0.39, 0.29) is 5.91 Å². The molecule has 0 aliphatic carbocycles. The Kier molecular flexibility index (Phi) is 5.15. The molecule has 166 valence electrons. The molecule has 1 amide bonds. The minimum absolute atomic E-state index is 0.265. The Bertz CT molecular complexity index is 1370. The third-order valence-electron chi connectivity index (χ3n) is 6.83. The number of para-hydroxylation sites is 3. The lowest BCUT2D eigenvalue weighted by atomic mass is 9.69. The van der Waals surface area contributed by atoms with Gasteiger partial charge in [0.2, 0.25) is 5.91 Å². The van der Waals surface area contributed by atoms with Gasteiger partial charge in [0.25, 0.3) is 0 Å². The van der Waals surface area contributed by atoms with Gasteiger partial charge in [-0.25, -0.2) is 0 Å². The van der Waals surface area contributed by atoms with Crippen LogP contribution in [0.1, 0.15) is 22.6 Å². The average molecular weight is 446 g/mol. The summed E-state index contributed by atoms with van der Waals surface area (Å²) in [6.07, 6.45) is 1.65. The van der Waals surface area contributed by atoms with Crippen molar-refractivity contribution in [2.45, 2.75) is 31.8 Å². The van der Waals surface area contributed by atoms with Crippen LogP contribution in [0.25, 0.3) is 0 Å². The largest absolute Gasteiger partial charge is 0.346 e. The third kappa shape index (κ3) is 3.16. The number of amides is 1. The van der Waals surface area contributed by atoms with Crippen LogP contribution in [0.5, 0.6) is 0 Å². The fraction of sp³-hybridized carbons (Fsp3) is 0.214. The van der Waals surface area contributed by atoms with Gasteiger partial charge in [0.05, 0.1) is 29.6 Å². The summed E-state index contributed by atoms with van der Waals surface area (Å²) < 4.78 is 0. The van der Waals surface area contributed by atoms with Crippen molar-refractivity contribution >= 4 is 29.2 Å². The Labute approximate surface area is 198 Å². The van der Waals surface area contributed by atoms with Gasteiger partial charge in [-0.1, -0.05) is 54.1 Å². The summed E-state index contributed by atoms with van der Waals surface area (Å²) in [6, 6.07) is 25.9. The Morgan fingerprint density at radius 2 is 1.71 bits per heavy atom. The van der Waals surface area contributed by atoms with E-state index in [0.29, 0.717) is 11.4 Å². The average Bonchev–Trinajstić information content (AvgIpc) is 3.15. The number of aliphatic imine (C=N–C) groups is 1. The van der Waals surface area contributed by atoms with Crippen LogP contribution in [0.4, 0.5) is 17.1 Å². The Morgan fingerprint density at radius 1 is 1.00 bits per heavy atom. The van der Waals surface area contributed by atoms with Crippen molar-refractivity contribution in [2.24, 2.45) is 10.4 Å². The van der Waals surface area contributed by atoms with Gasteiger partial charge in [0.1, 0.15) is 6.04 Å². The zero-order chi connectivity index (χ0) is 23.9. The fourth-order valence-corrected chi connectivity index (χ4v) is 5.32. The summed E-state index contributed by atoms with van der Waals surface area (Å²) in [5.41, 5.74) is 3.45. The van der Waals surface area contributed by atoms with Crippen molar-refractivity contribution < 1.29 is 4.79 Å². The highest BCUT2D eigenvalue weighted by Gasteiger charge is 2.64. The highest BCUT2D eigenvalue weighted by molar-refractivity contribution is 6.02. The molecular formula is C28H23N5O. The number of rotatable bonds is 3. The summed E-state index contributed by atoms with van der Waals surface area (Å²) in [5.74, 6) is -0.951. The van der Waals surface area contributed by atoms with Gasteiger partial charge >= 0.3 is 0 Å². The van der Waals surface area contributed by atoms with E-state index in [1.54, 1.807) is 6.21 Å². The van der Waals surface area contributed by atoms with Crippen LogP contribution in [0.15, 0.2) is 77.8 Å². The molecule has 3 aromatic rings. The molecular weight excluding hydrogens is 422 g/mol. The van der Waals surface area contributed by atoms with E-state index < -0.39 is 23.4 Å². The van der Waals surface area contributed by atoms with E-state index in [2.05, 4.69) is 22.4 Å². The summed E-state index contributed by atoms with van der Waals surface area (Å²) in [5, 5.41) is 24.0. The van der Waals surface area contributed by atoms with Gasteiger partial charge < -0.3 is 10.2 Å². The van der Waals surface area contributed by atoms with Crippen LogP contribution in [-0.4, -0.2) is 24.2 Å². The third-order valence-corrected chi connectivity index (χ3v) is 6.83. The van der Waals surface area contributed by atoms with Gasteiger partial charge in [-0.3, -0.25) is 9.79 Å². The number of nitrogens with one attached hydrogen (secondary N) is 1. The van der Waals surface area contributed by atoms with E-state index in [9.17, 15) is 15.3 Å². The van der Waals surface area contributed by atoms with Crippen LogP contribution >= 0.6 is 0 Å². The molecule has 34 heavy (non-hydrogen) atoms. The van der Waals surface area contributed by atoms with Gasteiger partial charge in [-0.05, 0) is 49.2 Å². The van der Waals surface area contributed by atoms with Crippen molar-refractivity contribution in [3.8, 4) is 12.1 Å². The molecule has 0 unspecified atom stereocenters. The number of hydrogen-bond donors (Lipinski definition) is 1. The first-order chi connectivity index (χ1) is 16.5. The van der Waals surface area contributed by atoms with Crippen molar-refractivity contribution in [3.63, 3.8) is 0 Å². The van der Waals surface area contributed by atoms with Crippen molar-refractivity contribution in [1.82, 2.24) is 0 Å². The maximum absolute atomic E-state index is 13.9. The Balaban J connectivity index is 1.74. The lowest BCUT2D eigenvalue weighted by molar-refractivity contribution is -0.117. The van der Waals surface area contributed by atoms with Crippen LogP contribution in [0, 0.1) is 41.9 Å². The molecule has 2 aliphatic heterocycles. The number of benzene rings is 3. The Hall–Kier alpha value is -4.42. The highest BCUT2D eigenvalue weighted by atomic mass is 16.2. The van der Waals surface area contributed by atoms with E-state index in [1.165, 1.54) is 0 Å². The number of aryl methyl sites for hydroxylation is 2. The number of fused-ring (bicyclic) bond motifs is 3. The maximum Gasteiger partial charge on any atom is 0.247 e. The summed E-state index contributed by atoms with van der Waals surface area (Å²) >= 11 is 0. The minimum atomic E-state index is -1.50. The molecule has 0 radical (unpaired) electrons. The second-order valence-corrected chi connectivity index (χ2v) is 8.85. The lowest BCUT2D eigenvalue weighted by Gasteiger charge is -2.34. The van der Waals surface area contributed by atoms with E-state index in [4.69, 9.17) is 0 Å². The fourth-order valence-electron chi connectivity index (χ4n) is 5.32. The van der Waals surface area contributed by atoms with Gasteiger partial charge in [-0.15, -0.1) is 0 Å². The number of carbonyl (C=O) groups is 1. The van der Waals surface area contributed by atoms with Crippen LogP contribution in [-0.2, 0) is 4.79 Å². The minimum Gasteiger partial charge on any atom is -0.346 e. The SMILES string of the molecule is Cc1ccc([C@@H]2[C@H](C(=O)Nc3ccccc3)N3c4ccccc4N=C[C@@H]3C2(C#N)C#N)c(C)c1. The van der Waals surface area contributed by atoms with Gasteiger partial charge in [0.15, 0.2) is 5.41 Å². The molecule has 0 bridgehead atoms. The zero-order valence-electron chi connectivity index (χ0n) is 18.9. The van der Waals surface area contributed by atoms with E-state index in [0.717, 1.165) is 22.4 Å². The molecule has 6 heteroatoms. The second kappa shape index (κ2) is 8.17. The summed E-state index contributed by atoms with van der Waals surface area (Å²) in [6.45, 7) is 3.96. The molecule has 5 rings (SSSR count). The molecule has 6 nitrogen and oxygen atoms in total. The quantitative estimate of drug-likeness (QED) is 0.612. The first kappa shape index (κ1) is 21.4. The number of carbonyl (C=O) groups excluding carboxylic acids is 1. The van der Waals surface area contributed by atoms with E-state index >= 15 is 0 Å². The molecule has 0 saturated carbocycles. The number of anilines is 2. The zero-order valence-corrected chi connectivity index (χ0v) is 18.9. The van der Waals surface area contributed by atoms with Crippen molar-refractivity contribution in [2.75, 3.05) is 10.2 Å². The van der Waals surface area contributed by atoms with Crippen LogP contribution < -0.4 is 10.2 Å². The molecule has 1 fully saturated rings. The number of nitrogens with zero attached hydrogens (tertiary/aromatic N) is 4. The Morgan fingerprint density at radius 3 is 2.41 bits per heavy atom. The van der Waals surface area contributed by atoms with Crippen molar-refractivity contribution in [1.29, 1.82) is 10.5 Å². The van der Waals surface area contributed by atoms with Crippen LogP contribution in [0.3, 0.4) is 0 Å². The molecule has 2 aliphatic rings. The first-order valence-corrected chi connectivity index (χ1v) is 11.2. The molecule has 3 atom stereocenters. The lowest BCUT2D eigenvalue weighted by Crippen LogP contribution is -2.47. The highest BCUT2D eigenvalue weighted by Crippen LogP contribution is 2.55. The topological polar surface area (TPSA) is 92.3 Å². The molecule has 0 aromatic heterocycles. The van der Waals surface area contributed by atoms with Crippen molar-refractivity contribution in [3.05, 3.63) is 89.5 Å². The molecule has 1 saturated heterocycles. The molecule has 3 aromatic carbocycles. The summed E-state index contributed by atoms with van der Waals surface area (Å²) in [7, 11) is 0.